The van der Waals surface area contributed by atoms with E-state index in [0.717, 1.165) is 49.8 Å². The number of para-hydroxylation sites is 1. The molecule has 1 saturated heterocycles. The Morgan fingerprint density at radius 2 is 1.57 bits per heavy atom. The number of quaternary nitrogens is 2. The van der Waals surface area contributed by atoms with Crippen LogP contribution in [-0.2, 0) is 17.9 Å². The Kier molecular flexibility index (Phi) is 7.71. The van der Waals surface area contributed by atoms with Crippen LogP contribution in [0.5, 0.6) is 11.5 Å². The molecule has 0 saturated carbocycles. The summed E-state index contributed by atoms with van der Waals surface area (Å²) in [5, 5.41) is 0. The molecule has 0 radical (unpaired) electrons. The van der Waals surface area contributed by atoms with E-state index in [1.54, 1.807) is 19.1 Å². The second kappa shape index (κ2) is 10.5. The standard InChI is InChI=1S/C24H33N3O3/c1-19-9-10-23(30-4)21(15-19)17-26-11-13-27(14-12-26)18-24(28)25(2)16-20-7-5-6-8-22(20)29-3/h5-10,15H,11-14,16-18H2,1-4H3/p+2. The van der Waals surface area contributed by atoms with Crippen LogP contribution in [0.1, 0.15) is 16.7 Å². The number of hydrogen-bond donors (Lipinski definition) is 2. The van der Waals surface area contributed by atoms with E-state index in [1.165, 1.54) is 16.0 Å². The second-order valence-electron chi connectivity index (χ2n) is 8.23. The van der Waals surface area contributed by atoms with Crippen LogP contribution >= 0.6 is 0 Å². The van der Waals surface area contributed by atoms with E-state index in [0.29, 0.717) is 13.1 Å². The third-order valence-electron chi connectivity index (χ3n) is 5.97. The van der Waals surface area contributed by atoms with Gasteiger partial charge in [-0.25, -0.2) is 0 Å². The van der Waals surface area contributed by atoms with Crippen molar-refractivity contribution in [2.24, 2.45) is 0 Å². The maximum atomic E-state index is 12.7. The number of carbonyl (C=O) groups is 1. The van der Waals surface area contributed by atoms with Gasteiger partial charge in [0.05, 0.1) is 14.2 Å². The normalized spacial score (nSPS) is 18.7. The first-order valence-electron chi connectivity index (χ1n) is 10.7. The number of methoxy groups -OCH3 is 2. The van der Waals surface area contributed by atoms with Gasteiger partial charge < -0.3 is 24.2 Å². The average Bonchev–Trinajstić information content (AvgIpc) is 2.75. The van der Waals surface area contributed by atoms with E-state index in [2.05, 4.69) is 25.1 Å². The summed E-state index contributed by atoms with van der Waals surface area (Å²) < 4.78 is 10.9. The zero-order valence-electron chi connectivity index (χ0n) is 18.7. The van der Waals surface area contributed by atoms with Crippen molar-refractivity contribution in [1.82, 2.24) is 4.90 Å². The van der Waals surface area contributed by atoms with Gasteiger partial charge >= 0.3 is 0 Å². The van der Waals surface area contributed by atoms with Gasteiger partial charge in [0.15, 0.2) is 6.54 Å². The van der Waals surface area contributed by atoms with E-state index in [4.69, 9.17) is 9.47 Å². The van der Waals surface area contributed by atoms with Crippen LogP contribution in [0.2, 0.25) is 0 Å². The third-order valence-corrected chi connectivity index (χ3v) is 5.97. The van der Waals surface area contributed by atoms with E-state index in [1.807, 2.05) is 36.2 Å². The highest BCUT2D eigenvalue weighted by Gasteiger charge is 2.27. The summed E-state index contributed by atoms with van der Waals surface area (Å²) in [6, 6.07) is 14.2. The summed E-state index contributed by atoms with van der Waals surface area (Å²) in [6.45, 7) is 8.36. The topological polar surface area (TPSA) is 47.6 Å². The minimum atomic E-state index is 0.180. The fourth-order valence-electron chi connectivity index (χ4n) is 4.15. The van der Waals surface area contributed by atoms with Gasteiger partial charge in [-0.05, 0) is 25.1 Å². The largest absolute Gasteiger partial charge is 0.496 e. The fraction of sp³-hybridized carbons (Fsp3) is 0.458. The molecule has 1 aliphatic heterocycles. The molecule has 6 heteroatoms. The summed E-state index contributed by atoms with van der Waals surface area (Å²) in [5.74, 6) is 1.98. The summed E-state index contributed by atoms with van der Waals surface area (Å²) >= 11 is 0. The highest BCUT2D eigenvalue weighted by atomic mass is 16.5. The molecule has 3 rings (SSSR count). The Morgan fingerprint density at radius 1 is 0.933 bits per heavy atom. The van der Waals surface area contributed by atoms with Gasteiger partial charge in [0.1, 0.15) is 44.2 Å². The van der Waals surface area contributed by atoms with Crippen molar-refractivity contribution >= 4 is 5.91 Å². The quantitative estimate of drug-likeness (QED) is 0.638. The lowest BCUT2D eigenvalue weighted by atomic mass is 10.1. The van der Waals surface area contributed by atoms with Crippen molar-refractivity contribution in [1.29, 1.82) is 0 Å². The van der Waals surface area contributed by atoms with E-state index >= 15 is 0 Å². The van der Waals surface area contributed by atoms with Crippen LogP contribution in [0, 0.1) is 6.92 Å². The summed E-state index contributed by atoms with van der Waals surface area (Å²) in [4.78, 5) is 17.5. The van der Waals surface area contributed by atoms with Crippen molar-refractivity contribution in [3.8, 4) is 11.5 Å². The highest BCUT2D eigenvalue weighted by Crippen LogP contribution is 2.19. The zero-order valence-corrected chi connectivity index (χ0v) is 18.7. The SMILES string of the molecule is COc1ccccc1CN(C)C(=O)C[NH+]1CC[NH+](Cc2cc(C)ccc2OC)CC1. The Balaban J connectivity index is 1.48. The highest BCUT2D eigenvalue weighted by molar-refractivity contribution is 5.76. The molecule has 0 spiro atoms. The molecule has 2 aromatic carbocycles. The van der Waals surface area contributed by atoms with Crippen LogP contribution in [-0.4, -0.2) is 64.8 Å². The van der Waals surface area contributed by atoms with Gasteiger partial charge in [-0.1, -0.05) is 29.8 Å². The van der Waals surface area contributed by atoms with Crippen molar-refractivity contribution in [3.05, 3.63) is 59.2 Å². The Hall–Kier alpha value is -2.57. The van der Waals surface area contributed by atoms with Crippen LogP contribution < -0.4 is 19.3 Å². The number of hydrogen-bond acceptors (Lipinski definition) is 3. The number of ether oxygens (including phenoxy) is 2. The molecule has 2 aromatic rings. The molecule has 0 atom stereocenters. The number of carbonyl (C=O) groups excluding carboxylic acids is 1. The van der Waals surface area contributed by atoms with Crippen molar-refractivity contribution in [3.63, 3.8) is 0 Å². The molecule has 0 unspecified atom stereocenters. The van der Waals surface area contributed by atoms with Crippen molar-refractivity contribution in [2.45, 2.75) is 20.0 Å². The minimum Gasteiger partial charge on any atom is -0.496 e. The zero-order chi connectivity index (χ0) is 21.5. The number of rotatable bonds is 8. The number of likely N-dealkylation sites (N-methyl/N-ethyl adjacent to an activating group) is 1. The Labute approximate surface area is 180 Å². The first-order valence-corrected chi connectivity index (χ1v) is 10.7. The molecule has 1 amide bonds. The lowest BCUT2D eigenvalue weighted by Crippen LogP contribution is -3.28. The van der Waals surface area contributed by atoms with Crippen LogP contribution in [0.15, 0.2) is 42.5 Å². The van der Waals surface area contributed by atoms with Crippen LogP contribution in [0.3, 0.4) is 0 Å². The molecule has 1 fully saturated rings. The van der Waals surface area contributed by atoms with Gasteiger partial charge in [-0.2, -0.15) is 0 Å². The molecule has 0 aromatic heterocycles. The predicted molar refractivity (Wildman–Crippen MR) is 117 cm³/mol. The molecular weight excluding hydrogens is 378 g/mol. The predicted octanol–water partition coefficient (Wildman–Crippen LogP) is -0.0458. The summed E-state index contributed by atoms with van der Waals surface area (Å²) in [6.07, 6.45) is 0. The molecule has 0 aliphatic carbocycles. The summed E-state index contributed by atoms with van der Waals surface area (Å²) in [5.41, 5.74) is 3.56. The van der Waals surface area contributed by atoms with E-state index in [9.17, 15) is 4.79 Å². The molecule has 30 heavy (non-hydrogen) atoms. The number of nitrogens with zero attached hydrogens (tertiary/aromatic N) is 1. The van der Waals surface area contributed by atoms with Gasteiger partial charge in [-0.15, -0.1) is 0 Å². The monoisotopic (exact) mass is 413 g/mol. The summed E-state index contributed by atoms with van der Waals surface area (Å²) in [7, 11) is 5.28. The van der Waals surface area contributed by atoms with Crippen LogP contribution in [0.4, 0.5) is 0 Å². The lowest BCUT2D eigenvalue weighted by molar-refractivity contribution is -1.02. The maximum Gasteiger partial charge on any atom is 0.277 e. The number of amides is 1. The van der Waals surface area contributed by atoms with Gasteiger partial charge in [0.2, 0.25) is 0 Å². The average molecular weight is 414 g/mol. The van der Waals surface area contributed by atoms with Gasteiger partial charge in [0.25, 0.3) is 5.91 Å². The smallest absolute Gasteiger partial charge is 0.277 e. The Morgan fingerprint density at radius 3 is 2.27 bits per heavy atom. The molecular formula is C24H35N3O3+2. The molecule has 162 valence electrons. The number of piperazine rings is 1. The molecule has 6 nitrogen and oxygen atoms in total. The molecule has 0 bridgehead atoms. The van der Waals surface area contributed by atoms with E-state index in [-0.39, 0.29) is 5.91 Å². The third kappa shape index (κ3) is 5.74. The fourth-order valence-corrected chi connectivity index (χ4v) is 4.15. The molecule has 2 N–H and O–H groups in total. The van der Waals surface area contributed by atoms with Crippen LogP contribution in [0.25, 0.3) is 0 Å². The molecule has 1 aliphatic rings. The van der Waals surface area contributed by atoms with Crippen molar-refractivity contribution in [2.75, 3.05) is 54.0 Å². The van der Waals surface area contributed by atoms with Gasteiger partial charge in [0, 0.05) is 24.7 Å². The number of nitrogens with one attached hydrogen (secondary N) is 2. The van der Waals surface area contributed by atoms with E-state index < -0.39 is 0 Å². The Bertz CT molecular complexity index is 847. The first-order chi connectivity index (χ1) is 14.5. The molecule has 1 heterocycles. The minimum absolute atomic E-state index is 0.180. The van der Waals surface area contributed by atoms with Gasteiger partial charge in [-0.3, -0.25) is 4.79 Å². The number of benzene rings is 2. The number of aryl methyl sites for hydroxylation is 1. The lowest BCUT2D eigenvalue weighted by Gasteiger charge is -2.30. The maximum absolute atomic E-state index is 12.7. The second-order valence-corrected chi connectivity index (χ2v) is 8.23. The van der Waals surface area contributed by atoms with Crippen molar-refractivity contribution < 1.29 is 24.1 Å². The first kappa shape index (κ1) is 22.1.